The summed E-state index contributed by atoms with van der Waals surface area (Å²) < 4.78 is 18.5. The highest BCUT2D eigenvalue weighted by molar-refractivity contribution is 5.73. The largest absolute Gasteiger partial charge is 0.496 e. The number of ether oxygens (including phenoxy) is 1. The molecule has 2 aromatic carbocycles. The average Bonchev–Trinajstić information content (AvgIpc) is 2.27. The van der Waals surface area contributed by atoms with Gasteiger partial charge in [0.05, 0.1) is 7.11 Å². The van der Waals surface area contributed by atoms with Gasteiger partial charge >= 0.3 is 0 Å². The van der Waals surface area contributed by atoms with E-state index in [2.05, 4.69) is 0 Å². The van der Waals surface area contributed by atoms with Gasteiger partial charge in [0.15, 0.2) is 0 Å². The van der Waals surface area contributed by atoms with Crippen LogP contribution in [0.2, 0.25) is 0 Å². The Bertz CT molecular complexity index is 532. The van der Waals surface area contributed by atoms with Crippen LogP contribution >= 0.6 is 0 Å². The summed E-state index contributed by atoms with van der Waals surface area (Å²) in [5.74, 6) is 0.345. The summed E-state index contributed by atoms with van der Waals surface area (Å²) >= 11 is 0. The van der Waals surface area contributed by atoms with Gasteiger partial charge in [-0.05, 0) is 48.4 Å². The molecular weight excluding hydrogens is 217 g/mol. The van der Waals surface area contributed by atoms with E-state index in [4.69, 9.17) is 10.5 Å². The van der Waals surface area contributed by atoms with E-state index in [0.29, 0.717) is 17.0 Å². The van der Waals surface area contributed by atoms with Crippen LogP contribution in [0.4, 0.5) is 10.1 Å². The number of nitrogen functional groups attached to an aromatic ring is 1. The number of anilines is 1. The summed E-state index contributed by atoms with van der Waals surface area (Å²) in [6, 6.07) is 10.1. The number of hydrogen-bond donors (Lipinski definition) is 1. The highest BCUT2D eigenvalue weighted by Gasteiger charge is 2.08. The molecule has 0 unspecified atom stereocenters. The normalized spacial score (nSPS) is 10.3. The molecule has 0 heterocycles. The molecule has 2 rings (SSSR count). The molecule has 2 N–H and O–H groups in total. The quantitative estimate of drug-likeness (QED) is 0.804. The molecule has 0 aromatic heterocycles. The molecule has 0 aliphatic rings. The van der Waals surface area contributed by atoms with Crippen LogP contribution in [0.15, 0.2) is 36.4 Å². The monoisotopic (exact) mass is 231 g/mol. The van der Waals surface area contributed by atoms with Crippen LogP contribution in [-0.2, 0) is 0 Å². The lowest BCUT2D eigenvalue weighted by Gasteiger charge is -2.10. The second-order valence-electron chi connectivity index (χ2n) is 3.98. The maximum absolute atomic E-state index is 13.3. The maximum atomic E-state index is 13.3. The van der Waals surface area contributed by atoms with Gasteiger partial charge in [-0.25, -0.2) is 4.39 Å². The average molecular weight is 231 g/mol. The Kier molecular flexibility index (Phi) is 3.00. The molecule has 2 aromatic rings. The standard InChI is InChI=1S/C14H14FNO/c1-9-5-10(7-12(16)6-9)13-8-11(15)3-4-14(13)17-2/h3-8H,16H2,1-2H3. The van der Waals surface area contributed by atoms with Crippen molar-refractivity contribution in [3.8, 4) is 16.9 Å². The second-order valence-corrected chi connectivity index (χ2v) is 3.98. The van der Waals surface area contributed by atoms with Crippen LogP contribution in [0.1, 0.15) is 5.56 Å². The molecule has 0 atom stereocenters. The lowest BCUT2D eigenvalue weighted by atomic mass is 10.0. The summed E-state index contributed by atoms with van der Waals surface area (Å²) in [6.07, 6.45) is 0. The third-order valence-corrected chi connectivity index (χ3v) is 2.57. The molecule has 0 aliphatic heterocycles. The minimum atomic E-state index is -0.291. The lowest BCUT2D eigenvalue weighted by Crippen LogP contribution is -1.92. The van der Waals surface area contributed by atoms with Crippen molar-refractivity contribution < 1.29 is 9.13 Å². The minimum Gasteiger partial charge on any atom is -0.496 e. The van der Waals surface area contributed by atoms with Gasteiger partial charge < -0.3 is 10.5 Å². The number of benzene rings is 2. The number of nitrogens with two attached hydrogens (primary N) is 1. The Morgan fingerprint density at radius 1 is 1.12 bits per heavy atom. The summed E-state index contributed by atoms with van der Waals surface area (Å²) in [7, 11) is 1.57. The smallest absolute Gasteiger partial charge is 0.126 e. The van der Waals surface area contributed by atoms with E-state index in [1.54, 1.807) is 13.2 Å². The Labute approximate surface area is 99.8 Å². The summed E-state index contributed by atoms with van der Waals surface area (Å²) in [5.41, 5.74) is 9.06. The Morgan fingerprint density at radius 3 is 2.53 bits per heavy atom. The van der Waals surface area contributed by atoms with Gasteiger partial charge in [-0.1, -0.05) is 6.07 Å². The Morgan fingerprint density at radius 2 is 1.88 bits per heavy atom. The summed E-state index contributed by atoms with van der Waals surface area (Å²) in [4.78, 5) is 0. The van der Waals surface area contributed by atoms with Crippen molar-refractivity contribution >= 4 is 5.69 Å². The van der Waals surface area contributed by atoms with E-state index in [-0.39, 0.29) is 5.82 Å². The molecule has 0 saturated carbocycles. The van der Waals surface area contributed by atoms with Gasteiger partial charge in [-0.3, -0.25) is 0 Å². The topological polar surface area (TPSA) is 35.2 Å². The Hall–Kier alpha value is -2.03. The van der Waals surface area contributed by atoms with E-state index in [1.165, 1.54) is 12.1 Å². The third kappa shape index (κ3) is 2.38. The molecule has 0 saturated heterocycles. The van der Waals surface area contributed by atoms with E-state index < -0.39 is 0 Å². The van der Waals surface area contributed by atoms with Crippen molar-refractivity contribution in [2.75, 3.05) is 12.8 Å². The van der Waals surface area contributed by atoms with Crippen molar-refractivity contribution in [2.24, 2.45) is 0 Å². The van der Waals surface area contributed by atoms with Crippen molar-refractivity contribution in [1.29, 1.82) is 0 Å². The maximum Gasteiger partial charge on any atom is 0.126 e. The lowest BCUT2D eigenvalue weighted by molar-refractivity contribution is 0.415. The van der Waals surface area contributed by atoms with Crippen molar-refractivity contribution in [3.05, 3.63) is 47.8 Å². The van der Waals surface area contributed by atoms with Crippen LogP contribution in [0.25, 0.3) is 11.1 Å². The molecule has 0 bridgehead atoms. The molecule has 0 spiro atoms. The molecular formula is C14H14FNO. The second kappa shape index (κ2) is 4.45. The molecule has 0 amide bonds. The highest BCUT2D eigenvalue weighted by Crippen LogP contribution is 2.32. The summed E-state index contributed by atoms with van der Waals surface area (Å²) in [5, 5.41) is 0. The van der Waals surface area contributed by atoms with E-state index in [9.17, 15) is 4.39 Å². The zero-order chi connectivity index (χ0) is 12.4. The minimum absolute atomic E-state index is 0.291. The van der Waals surface area contributed by atoms with Crippen LogP contribution in [0.3, 0.4) is 0 Å². The number of hydrogen-bond acceptors (Lipinski definition) is 2. The number of aryl methyl sites for hydroxylation is 1. The number of halogens is 1. The molecule has 0 fully saturated rings. The first-order chi connectivity index (χ1) is 8.10. The number of rotatable bonds is 2. The molecule has 0 aliphatic carbocycles. The van der Waals surface area contributed by atoms with Crippen LogP contribution in [0.5, 0.6) is 5.75 Å². The van der Waals surface area contributed by atoms with Crippen LogP contribution < -0.4 is 10.5 Å². The first-order valence-corrected chi connectivity index (χ1v) is 5.31. The van der Waals surface area contributed by atoms with E-state index >= 15 is 0 Å². The van der Waals surface area contributed by atoms with Crippen LogP contribution in [0, 0.1) is 12.7 Å². The van der Waals surface area contributed by atoms with Crippen molar-refractivity contribution in [1.82, 2.24) is 0 Å². The van der Waals surface area contributed by atoms with Gasteiger partial charge in [0, 0.05) is 11.3 Å². The fourth-order valence-electron chi connectivity index (χ4n) is 1.87. The molecule has 3 heteroatoms. The van der Waals surface area contributed by atoms with Gasteiger partial charge in [0.2, 0.25) is 0 Å². The van der Waals surface area contributed by atoms with Crippen molar-refractivity contribution in [2.45, 2.75) is 6.92 Å². The zero-order valence-corrected chi connectivity index (χ0v) is 9.83. The van der Waals surface area contributed by atoms with Gasteiger partial charge in [-0.2, -0.15) is 0 Å². The van der Waals surface area contributed by atoms with Gasteiger partial charge in [-0.15, -0.1) is 0 Å². The predicted molar refractivity (Wildman–Crippen MR) is 67.5 cm³/mol. The predicted octanol–water partition coefficient (Wildman–Crippen LogP) is 3.39. The molecule has 88 valence electrons. The first kappa shape index (κ1) is 11.5. The molecule has 0 radical (unpaired) electrons. The van der Waals surface area contributed by atoms with Crippen LogP contribution in [-0.4, -0.2) is 7.11 Å². The fourth-order valence-corrected chi connectivity index (χ4v) is 1.87. The Balaban J connectivity index is 2.62. The highest BCUT2D eigenvalue weighted by atomic mass is 19.1. The van der Waals surface area contributed by atoms with Crippen molar-refractivity contribution in [3.63, 3.8) is 0 Å². The van der Waals surface area contributed by atoms with E-state index in [1.807, 2.05) is 25.1 Å². The van der Waals surface area contributed by atoms with Gasteiger partial charge in [0.25, 0.3) is 0 Å². The van der Waals surface area contributed by atoms with E-state index in [0.717, 1.165) is 11.1 Å². The zero-order valence-electron chi connectivity index (χ0n) is 9.83. The first-order valence-electron chi connectivity index (χ1n) is 5.31. The third-order valence-electron chi connectivity index (χ3n) is 2.57. The number of methoxy groups -OCH3 is 1. The SMILES string of the molecule is COc1ccc(F)cc1-c1cc(C)cc(N)c1. The van der Waals surface area contributed by atoms with Gasteiger partial charge in [0.1, 0.15) is 11.6 Å². The molecule has 17 heavy (non-hydrogen) atoms. The fraction of sp³-hybridized carbons (Fsp3) is 0.143. The molecule has 2 nitrogen and oxygen atoms in total. The summed E-state index contributed by atoms with van der Waals surface area (Å²) in [6.45, 7) is 1.95.